The summed E-state index contributed by atoms with van der Waals surface area (Å²) in [6.45, 7) is 6.58. The molecule has 3 fully saturated rings. The normalized spacial score (nSPS) is 38.7. The van der Waals surface area contributed by atoms with Crippen molar-refractivity contribution < 1.29 is 91.2 Å². The number of hydrogen-bond acceptors (Lipinski definition) is 20. The van der Waals surface area contributed by atoms with Gasteiger partial charge in [0.05, 0.1) is 29.4 Å². The van der Waals surface area contributed by atoms with Crippen molar-refractivity contribution in [2.75, 3.05) is 13.2 Å². The average molecular weight is 832 g/mol. The minimum atomic E-state index is -2.95. The first kappa shape index (κ1) is 43.1. The van der Waals surface area contributed by atoms with Crippen LogP contribution in [0.2, 0.25) is 0 Å². The quantitative estimate of drug-likeness (QED) is 0.252. The monoisotopic (exact) mass is 831 g/mol. The van der Waals surface area contributed by atoms with E-state index in [2.05, 4.69) is 4.98 Å². The van der Waals surface area contributed by atoms with E-state index in [1.54, 1.807) is 0 Å². The molecule has 3 N–H and O–H groups in total. The number of nitrogens with zero attached hydrogens (tertiary/aromatic N) is 1. The van der Waals surface area contributed by atoms with Crippen molar-refractivity contribution in [1.29, 1.82) is 0 Å². The molecular weight excluding hydrogens is 786 g/mol. The van der Waals surface area contributed by atoms with E-state index in [9.17, 15) is 48.9 Å². The van der Waals surface area contributed by atoms with Crippen molar-refractivity contribution in [2.45, 2.75) is 120 Å². The van der Waals surface area contributed by atoms with Gasteiger partial charge in [-0.1, -0.05) is 6.92 Å². The molecule has 1 spiro atoms. The lowest BCUT2D eigenvalue weighted by Crippen LogP contribution is -2.89. The smallest absolute Gasteiger partial charge is 0.341 e. The summed E-state index contributed by atoms with van der Waals surface area (Å²) in [6.07, 6.45) is -8.21. The third-order valence-electron chi connectivity index (χ3n) is 12.0. The Labute approximate surface area is 336 Å². The molecule has 0 amide bonds. The molecule has 2 saturated carbocycles. The number of aromatic nitrogens is 1. The van der Waals surface area contributed by atoms with Crippen LogP contribution in [0.25, 0.3) is 0 Å². The molecule has 0 aromatic carbocycles. The molecule has 59 heavy (non-hydrogen) atoms. The molecule has 2 unspecified atom stereocenters. The van der Waals surface area contributed by atoms with E-state index in [4.69, 9.17) is 42.3 Å². The number of carbonyl (C=O) groups excluding carboxylic acids is 7. The van der Waals surface area contributed by atoms with Crippen LogP contribution in [0.3, 0.4) is 0 Å². The van der Waals surface area contributed by atoms with Crippen LogP contribution in [0, 0.1) is 11.3 Å². The van der Waals surface area contributed by atoms with E-state index in [1.807, 2.05) is 0 Å². The summed E-state index contributed by atoms with van der Waals surface area (Å²) in [5.41, 5.74) is -13.5. The molecule has 20 heteroatoms. The predicted molar refractivity (Wildman–Crippen MR) is 189 cm³/mol. The summed E-state index contributed by atoms with van der Waals surface area (Å²) in [5.74, 6) is -10.9. The fourth-order valence-corrected chi connectivity index (χ4v) is 9.43. The predicted octanol–water partition coefficient (Wildman–Crippen LogP) is 0.465. The highest BCUT2D eigenvalue weighted by Gasteiger charge is 2.91. The Balaban J connectivity index is 1.75. The van der Waals surface area contributed by atoms with Crippen LogP contribution in [0.15, 0.2) is 41.5 Å². The Morgan fingerprint density at radius 1 is 0.881 bits per heavy atom. The fraction of sp³-hybridized carbons (Fsp3) is 0.590. The van der Waals surface area contributed by atoms with Gasteiger partial charge in [-0.2, -0.15) is 0 Å². The molecule has 4 bridgehead atoms. The lowest BCUT2D eigenvalue weighted by atomic mass is 9.45. The topological polar surface area (TPSA) is 280 Å². The number of carbonyl (C=O) groups is 7. The zero-order valence-electron chi connectivity index (χ0n) is 33.3. The Kier molecular flexibility index (Phi) is 11.0. The minimum absolute atomic E-state index is 0.0626. The van der Waals surface area contributed by atoms with Gasteiger partial charge >= 0.3 is 41.8 Å². The fourth-order valence-electron chi connectivity index (χ4n) is 9.43. The maximum Gasteiger partial charge on any atom is 0.341 e. The van der Waals surface area contributed by atoms with E-state index < -0.39 is 131 Å². The molecule has 2 aromatic rings. The van der Waals surface area contributed by atoms with Crippen molar-refractivity contribution in [3.05, 3.63) is 53.7 Å². The first-order valence-electron chi connectivity index (χ1n) is 18.5. The van der Waals surface area contributed by atoms with Crippen LogP contribution in [0.4, 0.5) is 0 Å². The highest BCUT2D eigenvalue weighted by molar-refractivity contribution is 5.92. The highest BCUT2D eigenvalue weighted by atomic mass is 16.7. The first-order chi connectivity index (χ1) is 27.5. The standard InChI is InChI=1S/C39H45NO19/c1-17-23-9-11-40-13-24(23)33(47)52-15-35(6)25-26(54-18(2)41)30(56-20(4)43)38(16-53-32(46)22-10-12-51-14-22)31(57-21(5)44)27(55-19(3)42)29(58-34(48)36(17,7)49)37(8,50)39(38,59-35)28(25)45/h9-14,17,25-31,45,49-50H,15-16H2,1-8H3/t17?,25-,26-,27+,28-,29+,30-,31+,35+,36?,37+,38-,39+/m1/s1. The summed E-state index contributed by atoms with van der Waals surface area (Å²) >= 11 is 0. The summed E-state index contributed by atoms with van der Waals surface area (Å²) in [6, 6.07) is 2.58. The molecule has 1 saturated heterocycles. The highest BCUT2D eigenvalue weighted by Crippen LogP contribution is 2.69. The van der Waals surface area contributed by atoms with Gasteiger partial charge in [0.25, 0.3) is 0 Å². The lowest BCUT2D eigenvalue weighted by Gasteiger charge is -2.67. The third kappa shape index (κ3) is 6.61. The molecule has 0 radical (unpaired) electrons. The van der Waals surface area contributed by atoms with Crippen LogP contribution in [0.1, 0.15) is 87.6 Å². The maximum atomic E-state index is 14.4. The van der Waals surface area contributed by atoms with Crippen LogP contribution in [-0.4, -0.2) is 134 Å². The van der Waals surface area contributed by atoms with E-state index >= 15 is 0 Å². The van der Waals surface area contributed by atoms with Gasteiger partial charge in [-0.3, -0.25) is 24.2 Å². The molecule has 2 aliphatic heterocycles. The average Bonchev–Trinajstić information content (AvgIpc) is 3.75. The van der Waals surface area contributed by atoms with Gasteiger partial charge in [0.2, 0.25) is 0 Å². The van der Waals surface area contributed by atoms with Crippen molar-refractivity contribution in [3.63, 3.8) is 0 Å². The van der Waals surface area contributed by atoms with E-state index in [1.165, 1.54) is 32.2 Å². The van der Waals surface area contributed by atoms with Crippen LogP contribution in [0.5, 0.6) is 0 Å². The van der Waals surface area contributed by atoms with E-state index in [0.29, 0.717) is 0 Å². The molecule has 13 atom stereocenters. The lowest BCUT2D eigenvalue weighted by molar-refractivity contribution is -0.386. The molecule has 4 aliphatic rings. The minimum Gasteiger partial charge on any atom is -0.472 e. The third-order valence-corrected chi connectivity index (χ3v) is 12.0. The van der Waals surface area contributed by atoms with Gasteiger partial charge in [-0.15, -0.1) is 0 Å². The maximum absolute atomic E-state index is 14.4. The number of hydrogen-bond donors (Lipinski definition) is 3. The molecule has 2 aromatic heterocycles. The summed E-state index contributed by atoms with van der Waals surface area (Å²) in [4.78, 5) is 98.6. The second-order valence-electron chi connectivity index (χ2n) is 15.8. The number of ether oxygens (including phenoxy) is 8. The van der Waals surface area contributed by atoms with Crippen molar-refractivity contribution in [2.24, 2.45) is 11.3 Å². The number of esters is 7. The number of cyclic esters (lactones) is 1. The van der Waals surface area contributed by atoms with Gasteiger partial charge in [0, 0.05) is 46.0 Å². The first-order valence-corrected chi connectivity index (χ1v) is 18.5. The van der Waals surface area contributed by atoms with Gasteiger partial charge < -0.3 is 57.6 Å². The zero-order valence-corrected chi connectivity index (χ0v) is 33.3. The second-order valence-corrected chi connectivity index (χ2v) is 15.8. The number of furan rings is 1. The Bertz CT molecular complexity index is 2050. The van der Waals surface area contributed by atoms with E-state index in [-0.39, 0.29) is 16.7 Å². The Morgan fingerprint density at radius 3 is 2.05 bits per heavy atom. The molecule has 320 valence electrons. The van der Waals surface area contributed by atoms with Crippen LogP contribution in [-0.2, 0) is 61.9 Å². The number of pyridine rings is 1. The van der Waals surface area contributed by atoms with Crippen LogP contribution < -0.4 is 0 Å². The van der Waals surface area contributed by atoms with Crippen molar-refractivity contribution in [1.82, 2.24) is 4.98 Å². The second kappa shape index (κ2) is 15.0. The number of aliphatic hydroxyl groups excluding tert-OH is 1. The van der Waals surface area contributed by atoms with Gasteiger partial charge in [0.15, 0.2) is 30.0 Å². The van der Waals surface area contributed by atoms with Crippen molar-refractivity contribution in [3.8, 4) is 0 Å². The van der Waals surface area contributed by atoms with Gasteiger partial charge in [-0.05, 0) is 38.5 Å². The number of fused-ring (bicyclic) bond motifs is 5. The van der Waals surface area contributed by atoms with E-state index in [0.717, 1.165) is 60.3 Å². The zero-order chi connectivity index (χ0) is 43.6. The molecule has 2 aliphatic carbocycles. The SMILES string of the molecule is CC(=O)O[C@@H]1[C@@H]2[C@@H](O)[C@@]34O[C@@]2(C)COC(=O)c2cnccc2C(C)C(C)(O)C(=O)O[C@@H]([C@H](OC(C)=O)[C@H](OC(C)=O)[C@@]3(COC(=O)c2ccoc2)[C@@H]1OC(C)=O)[C@]4(C)O. The number of aliphatic hydroxyl groups is 3. The molecular formula is C39H45NO19. The van der Waals surface area contributed by atoms with Crippen molar-refractivity contribution >= 4 is 41.8 Å². The summed E-state index contributed by atoms with van der Waals surface area (Å²) in [7, 11) is 0. The number of rotatable bonds is 7. The molecule has 20 nitrogen and oxygen atoms in total. The Morgan fingerprint density at radius 2 is 1.47 bits per heavy atom. The van der Waals surface area contributed by atoms with Gasteiger partial charge in [0.1, 0.15) is 47.8 Å². The summed E-state index contributed by atoms with van der Waals surface area (Å²) in [5, 5.41) is 38.1. The van der Waals surface area contributed by atoms with Crippen LogP contribution >= 0.6 is 0 Å². The largest absolute Gasteiger partial charge is 0.472 e. The Hall–Kier alpha value is -5.44. The van der Waals surface area contributed by atoms with Gasteiger partial charge in [-0.25, -0.2) is 14.4 Å². The molecule has 6 rings (SSSR count). The molecule has 4 heterocycles. The summed E-state index contributed by atoms with van der Waals surface area (Å²) < 4.78 is 52.9.